The maximum atomic E-state index is 5.38. The van der Waals surface area contributed by atoms with Gasteiger partial charge in [0.2, 0.25) is 6.79 Å². The number of fused-ring (bicyclic) bond motifs is 1. The van der Waals surface area contributed by atoms with Crippen molar-refractivity contribution in [3.8, 4) is 22.8 Å². The fourth-order valence-corrected chi connectivity index (χ4v) is 1.94. The summed E-state index contributed by atoms with van der Waals surface area (Å²) in [6.07, 6.45) is 1.41. The van der Waals surface area contributed by atoms with Crippen molar-refractivity contribution >= 4 is 5.82 Å². The molecule has 18 heavy (non-hydrogen) atoms. The molecule has 0 saturated carbocycles. The van der Waals surface area contributed by atoms with Crippen LogP contribution in [0.2, 0.25) is 0 Å². The molecule has 1 aromatic carbocycles. The molecule has 0 atom stereocenters. The van der Waals surface area contributed by atoms with Crippen LogP contribution in [0.25, 0.3) is 11.3 Å². The highest BCUT2D eigenvalue weighted by molar-refractivity contribution is 5.75. The first-order chi connectivity index (χ1) is 8.79. The van der Waals surface area contributed by atoms with Crippen molar-refractivity contribution < 1.29 is 9.47 Å². The smallest absolute Gasteiger partial charge is 0.231 e. The van der Waals surface area contributed by atoms with Crippen molar-refractivity contribution in [1.29, 1.82) is 0 Å². The number of nitrogens with one attached hydrogen (secondary N) is 1. The molecule has 0 saturated heterocycles. The molecule has 0 bridgehead atoms. The van der Waals surface area contributed by atoms with Crippen LogP contribution in [0.4, 0.5) is 5.82 Å². The molecule has 2 aromatic rings. The fraction of sp³-hybridized carbons (Fsp3) is 0.250. The maximum absolute atomic E-state index is 5.38. The predicted octanol–water partition coefficient (Wildman–Crippen LogP) is 1.62. The van der Waals surface area contributed by atoms with Crippen LogP contribution in [0.3, 0.4) is 0 Å². The number of hydrogen-bond donors (Lipinski definition) is 1. The third-order valence-electron chi connectivity index (χ3n) is 2.83. The normalized spacial score (nSPS) is 12.6. The van der Waals surface area contributed by atoms with E-state index in [1.165, 1.54) is 6.33 Å². The van der Waals surface area contributed by atoms with E-state index in [1.807, 2.05) is 19.1 Å². The van der Waals surface area contributed by atoms with Gasteiger partial charge in [-0.25, -0.2) is 4.98 Å². The Morgan fingerprint density at radius 2 is 2.00 bits per heavy atom. The Bertz CT molecular complexity index is 601. The number of hydrogen-bond acceptors (Lipinski definition) is 6. The van der Waals surface area contributed by atoms with Gasteiger partial charge in [0, 0.05) is 12.6 Å². The molecule has 0 unspecified atom stereocenters. The highest BCUT2D eigenvalue weighted by Gasteiger charge is 2.18. The Morgan fingerprint density at radius 3 is 2.78 bits per heavy atom. The van der Waals surface area contributed by atoms with Crippen molar-refractivity contribution in [2.45, 2.75) is 6.92 Å². The van der Waals surface area contributed by atoms with E-state index in [9.17, 15) is 0 Å². The molecule has 0 spiro atoms. The van der Waals surface area contributed by atoms with Crippen LogP contribution in [0, 0.1) is 6.92 Å². The average Bonchev–Trinajstić information content (AvgIpc) is 2.84. The number of ether oxygens (including phenoxy) is 2. The van der Waals surface area contributed by atoms with Gasteiger partial charge in [0.15, 0.2) is 17.3 Å². The first kappa shape index (κ1) is 10.8. The summed E-state index contributed by atoms with van der Waals surface area (Å²) < 4.78 is 10.7. The van der Waals surface area contributed by atoms with Gasteiger partial charge in [0.05, 0.1) is 0 Å². The summed E-state index contributed by atoms with van der Waals surface area (Å²) >= 11 is 0. The summed E-state index contributed by atoms with van der Waals surface area (Å²) in [6, 6.07) is 3.84. The largest absolute Gasteiger partial charge is 0.454 e. The van der Waals surface area contributed by atoms with Gasteiger partial charge < -0.3 is 14.8 Å². The molecule has 6 heteroatoms. The number of benzene rings is 1. The Morgan fingerprint density at radius 1 is 1.22 bits per heavy atom. The Labute approximate surface area is 104 Å². The summed E-state index contributed by atoms with van der Waals surface area (Å²) in [6.45, 7) is 2.25. The van der Waals surface area contributed by atoms with Crippen LogP contribution in [-0.2, 0) is 0 Å². The predicted molar refractivity (Wildman–Crippen MR) is 65.7 cm³/mol. The molecule has 2 heterocycles. The van der Waals surface area contributed by atoms with Gasteiger partial charge in [-0.3, -0.25) is 0 Å². The zero-order valence-corrected chi connectivity index (χ0v) is 10.1. The van der Waals surface area contributed by atoms with Crippen LogP contribution < -0.4 is 14.8 Å². The van der Waals surface area contributed by atoms with Crippen molar-refractivity contribution in [2.24, 2.45) is 0 Å². The second-order valence-electron chi connectivity index (χ2n) is 3.93. The number of nitrogens with zero attached hydrogens (tertiary/aromatic N) is 3. The highest BCUT2D eigenvalue weighted by atomic mass is 16.7. The maximum Gasteiger partial charge on any atom is 0.231 e. The van der Waals surface area contributed by atoms with Crippen LogP contribution >= 0.6 is 0 Å². The average molecular weight is 244 g/mol. The van der Waals surface area contributed by atoms with Crippen LogP contribution in [-0.4, -0.2) is 29.0 Å². The fourth-order valence-electron chi connectivity index (χ4n) is 1.94. The monoisotopic (exact) mass is 244 g/mol. The zero-order valence-electron chi connectivity index (χ0n) is 10.1. The van der Waals surface area contributed by atoms with Gasteiger partial charge in [-0.2, -0.15) is 0 Å². The second kappa shape index (κ2) is 4.14. The summed E-state index contributed by atoms with van der Waals surface area (Å²) in [5, 5.41) is 11.0. The molecule has 1 aliphatic heterocycles. The molecular weight excluding hydrogens is 232 g/mol. The quantitative estimate of drug-likeness (QED) is 0.865. The van der Waals surface area contributed by atoms with Gasteiger partial charge in [-0.05, 0) is 24.6 Å². The molecule has 3 rings (SSSR count). The van der Waals surface area contributed by atoms with Gasteiger partial charge >= 0.3 is 0 Å². The summed E-state index contributed by atoms with van der Waals surface area (Å²) in [5.41, 5.74) is 2.68. The van der Waals surface area contributed by atoms with E-state index in [-0.39, 0.29) is 6.79 Å². The van der Waals surface area contributed by atoms with E-state index in [4.69, 9.17) is 9.47 Å². The van der Waals surface area contributed by atoms with Crippen molar-refractivity contribution in [1.82, 2.24) is 15.2 Å². The van der Waals surface area contributed by atoms with E-state index in [2.05, 4.69) is 20.5 Å². The second-order valence-corrected chi connectivity index (χ2v) is 3.93. The van der Waals surface area contributed by atoms with E-state index in [0.29, 0.717) is 11.5 Å². The van der Waals surface area contributed by atoms with Crippen molar-refractivity contribution in [3.05, 3.63) is 24.0 Å². The number of anilines is 1. The van der Waals surface area contributed by atoms with E-state index in [1.54, 1.807) is 7.05 Å². The van der Waals surface area contributed by atoms with E-state index >= 15 is 0 Å². The van der Waals surface area contributed by atoms with Crippen LogP contribution in [0.1, 0.15) is 5.56 Å². The topological polar surface area (TPSA) is 69.2 Å². The zero-order chi connectivity index (χ0) is 12.5. The van der Waals surface area contributed by atoms with Crippen molar-refractivity contribution in [3.63, 3.8) is 0 Å². The number of rotatable bonds is 2. The summed E-state index contributed by atoms with van der Waals surface area (Å²) in [7, 11) is 1.80. The molecule has 6 nitrogen and oxygen atoms in total. The summed E-state index contributed by atoms with van der Waals surface area (Å²) in [4.78, 5) is 4.15. The first-order valence-corrected chi connectivity index (χ1v) is 5.55. The number of aryl methyl sites for hydroxylation is 1. The van der Waals surface area contributed by atoms with Crippen molar-refractivity contribution in [2.75, 3.05) is 19.2 Å². The molecule has 1 aromatic heterocycles. The molecule has 92 valence electrons. The lowest BCUT2D eigenvalue weighted by Crippen LogP contribution is -2.00. The van der Waals surface area contributed by atoms with Gasteiger partial charge in [-0.1, -0.05) is 0 Å². The Kier molecular flexibility index (Phi) is 2.47. The van der Waals surface area contributed by atoms with Gasteiger partial charge in [-0.15, -0.1) is 10.2 Å². The molecule has 0 radical (unpaired) electrons. The van der Waals surface area contributed by atoms with Gasteiger partial charge in [0.25, 0.3) is 0 Å². The minimum Gasteiger partial charge on any atom is -0.454 e. The molecule has 0 fully saturated rings. The van der Waals surface area contributed by atoms with E-state index in [0.717, 1.165) is 22.6 Å². The summed E-state index contributed by atoms with van der Waals surface area (Å²) in [5.74, 6) is 2.18. The minimum absolute atomic E-state index is 0.260. The molecule has 0 aliphatic carbocycles. The molecule has 1 N–H and O–H groups in total. The SMILES string of the molecule is CNc1ncnnc1-c1cc2c(cc1C)OCO2. The molecular formula is C12H12N4O2. The molecule has 0 amide bonds. The lowest BCUT2D eigenvalue weighted by molar-refractivity contribution is 0.174. The third kappa shape index (κ3) is 1.62. The lowest BCUT2D eigenvalue weighted by atomic mass is 10.0. The standard InChI is InChI=1S/C12H12N4O2/c1-7-3-9-10(18-6-17-9)4-8(7)11-12(13-2)14-5-15-16-11/h3-5H,6H2,1-2H3,(H,13,14,15). The first-order valence-electron chi connectivity index (χ1n) is 5.55. The Balaban J connectivity index is 2.17. The van der Waals surface area contributed by atoms with Gasteiger partial charge in [0.1, 0.15) is 12.0 Å². The van der Waals surface area contributed by atoms with Crippen LogP contribution in [0.5, 0.6) is 11.5 Å². The van der Waals surface area contributed by atoms with Crippen LogP contribution in [0.15, 0.2) is 18.5 Å². The van der Waals surface area contributed by atoms with E-state index < -0.39 is 0 Å². The minimum atomic E-state index is 0.260. The molecule has 1 aliphatic rings. The highest BCUT2D eigenvalue weighted by Crippen LogP contribution is 2.38. The number of aromatic nitrogens is 3. The third-order valence-corrected chi connectivity index (χ3v) is 2.83. The lowest BCUT2D eigenvalue weighted by Gasteiger charge is -2.09. The Hall–Kier alpha value is -2.37.